The smallest absolute Gasteiger partial charge is 0.0320 e. The molecule has 4 heteroatoms. The summed E-state index contributed by atoms with van der Waals surface area (Å²) in [6.07, 6.45) is 0.771. The summed E-state index contributed by atoms with van der Waals surface area (Å²) in [6.45, 7) is 3.74. The molecule has 0 bridgehead atoms. The Morgan fingerprint density at radius 1 is 1.25 bits per heavy atom. The molecule has 0 fully saturated rings. The van der Waals surface area contributed by atoms with Crippen molar-refractivity contribution in [3.8, 4) is 0 Å². The number of hydrogen-bond donors (Lipinski definition) is 1. The molecule has 0 spiro atoms. The van der Waals surface area contributed by atoms with Crippen LogP contribution in [0.5, 0.6) is 0 Å². The predicted molar refractivity (Wildman–Crippen MR) is 43.5 cm³/mol. The van der Waals surface area contributed by atoms with E-state index in [1.54, 1.807) is 0 Å². The third-order valence-electron chi connectivity index (χ3n) is 1.32. The van der Waals surface area contributed by atoms with E-state index >= 15 is 0 Å². The number of nitrogens with two attached hydrogens (primary N) is 1. The van der Waals surface area contributed by atoms with Crippen LogP contribution in [0.25, 0.3) is 0 Å². The number of para-hydroxylation sites is 1. The van der Waals surface area contributed by atoms with E-state index in [2.05, 4.69) is 6.92 Å². The second kappa shape index (κ2) is 9.75. The van der Waals surface area contributed by atoms with Crippen molar-refractivity contribution in [3.05, 3.63) is 36.8 Å². The third kappa shape index (κ3) is 5.34. The molecule has 0 heterocycles. The number of benzene rings is 1. The summed E-state index contributed by atoms with van der Waals surface area (Å²) >= 11 is 0. The molecular formula is C8H12NOVY-. The molecular weight excluding hydrogens is 266 g/mol. The molecule has 64 valence electrons. The Bertz CT molecular complexity index is 208. The number of anilines is 1. The average Bonchev–Trinajstić information content (AvgIpc) is 1.89. The third-order valence-corrected chi connectivity index (χ3v) is 1.32. The van der Waals surface area contributed by atoms with Crippen LogP contribution in [0.4, 0.5) is 5.69 Å². The molecule has 0 aliphatic rings. The molecule has 2 radical (unpaired) electrons. The Morgan fingerprint density at radius 3 is 2.08 bits per heavy atom. The van der Waals surface area contributed by atoms with Crippen molar-refractivity contribution in [1.82, 2.24) is 0 Å². The van der Waals surface area contributed by atoms with Crippen LogP contribution in [-0.4, -0.2) is 5.48 Å². The van der Waals surface area contributed by atoms with Crippen molar-refractivity contribution < 1.29 is 56.7 Å². The second-order valence-electron chi connectivity index (χ2n) is 1.95. The molecule has 0 amide bonds. The standard InChI is InChI=1S/C8H10N.H2O.V.Y/c1-2-7-5-3-4-6-8(7)9;;;/h3-6H,1-2,9H2;1H2;;/q-1;;;. The van der Waals surface area contributed by atoms with Gasteiger partial charge in [-0.3, -0.25) is 0 Å². The molecule has 12 heavy (non-hydrogen) atoms. The Balaban J connectivity index is -0.000000270. The van der Waals surface area contributed by atoms with Crippen molar-refractivity contribution in [1.29, 1.82) is 0 Å². The Kier molecular flexibility index (Phi) is 15.0. The van der Waals surface area contributed by atoms with Crippen LogP contribution in [0.1, 0.15) is 5.56 Å². The SMILES string of the molecule is O.[CH2-]Cc1ccccc1N.[V].[Y]. The van der Waals surface area contributed by atoms with Crippen LogP contribution < -0.4 is 5.73 Å². The first kappa shape index (κ1) is 18.5. The summed E-state index contributed by atoms with van der Waals surface area (Å²) in [7, 11) is 0. The first-order valence-electron chi connectivity index (χ1n) is 2.97. The average molecular weight is 278 g/mol. The topological polar surface area (TPSA) is 57.5 Å². The van der Waals surface area contributed by atoms with Crippen molar-refractivity contribution in [2.24, 2.45) is 0 Å². The zero-order chi connectivity index (χ0) is 6.69. The Labute approximate surface area is 110 Å². The maximum absolute atomic E-state index is 5.59. The summed E-state index contributed by atoms with van der Waals surface area (Å²) in [5.41, 5.74) is 7.55. The van der Waals surface area contributed by atoms with Crippen molar-refractivity contribution in [3.63, 3.8) is 0 Å². The molecule has 0 atom stereocenters. The van der Waals surface area contributed by atoms with E-state index in [-0.39, 0.29) is 56.7 Å². The maximum atomic E-state index is 5.59. The van der Waals surface area contributed by atoms with Crippen LogP contribution in [0.15, 0.2) is 24.3 Å². The molecule has 1 rings (SSSR count). The Morgan fingerprint density at radius 2 is 1.75 bits per heavy atom. The molecule has 0 saturated carbocycles. The van der Waals surface area contributed by atoms with E-state index in [0.717, 1.165) is 17.7 Å². The van der Waals surface area contributed by atoms with Gasteiger partial charge in [-0.2, -0.15) is 6.42 Å². The van der Waals surface area contributed by atoms with Crippen LogP contribution >= 0.6 is 0 Å². The molecule has 0 aliphatic carbocycles. The van der Waals surface area contributed by atoms with E-state index < -0.39 is 0 Å². The van der Waals surface area contributed by atoms with Gasteiger partial charge >= 0.3 is 0 Å². The van der Waals surface area contributed by atoms with Gasteiger partial charge in [-0.15, -0.1) is 0 Å². The molecule has 0 unspecified atom stereocenters. The summed E-state index contributed by atoms with van der Waals surface area (Å²) in [5, 5.41) is 0. The summed E-state index contributed by atoms with van der Waals surface area (Å²) in [4.78, 5) is 0. The molecule has 2 nitrogen and oxygen atoms in total. The van der Waals surface area contributed by atoms with E-state index in [0.29, 0.717) is 0 Å². The summed E-state index contributed by atoms with van der Waals surface area (Å²) < 4.78 is 0. The summed E-state index contributed by atoms with van der Waals surface area (Å²) in [6, 6.07) is 7.77. The first-order valence-corrected chi connectivity index (χ1v) is 2.97. The van der Waals surface area contributed by atoms with Crippen LogP contribution in [-0.2, 0) is 57.7 Å². The van der Waals surface area contributed by atoms with Gasteiger partial charge in [0.05, 0.1) is 0 Å². The van der Waals surface area contributed by atoms with Crippen LogP contribution in [0.3, 0.4) is 0 Å². The van der Waals surface area contributed by atoms with E-state index in [1.807, 2.05) is 24.3 Å². The fourth-order valence-electron chi connectivity index (χ4n) is 0.762. The van der Waals surface area contributed by atoms with Gasteiger partial charge in [-0.05, 0) is 6.07 Å². The predicted octanol–water partition coefficient (Wildman–Crippen LogP) is 0.816. The van der Waals surface area contributed by atoms with Crippen molar-refractivity contribution in [2.45, 2.75) is 6.42 Å². The van der Waals surface area contributed by atoms with Gasteiger partial charge in [-0.25, -0.2) is 0 Å². The van der Waals surface area contributed by atoms with Gasteiger partial charge in [0, 0.05) is 57.0 Å². The van der Waals surface area contributed by atoms with Gasteiger partial charge in [-0.1, -0.05) is 23.8 Å². The first-order chi connectivity index (χ1) is 4.34. The van der Waals surface area contributed by atoms with E-state index in [4.69, 9.17) is 5.73 Å². The quantitative estimate of drug-likeness (QED) is 0.600. The van der Waals surface area contributed by atoms with Gasteiger partial charge in [0.2, 0.25) is 0 Å². The number of nitrogen functional groups attached to an aromatic ring is 1. The minimum atomic E-state index is 0. The molecule has 1 aromatic carbocycles. The molecule has 0 aliphatic heterocycles. The zero-order valence-electron chi connectivity index (χ0n) is 6.83. The molecule has 0 saturated heterocycles. The van der Waals surface area contributed by atoms with E-state index in [1.165, 1.54) is 0 Å². The summed E-state index contributed by atoms with van der Waals surface area (Å²) in [5.74, 6) is 0. The number of hydrogen-bond acceptors (Lipinski definition) is 1. The van der Waals surface area contributed by atoms with Crippen molar-refractivity contribution in [2.75, 3.05) is 5.73 Å². The maximum Gasteiger partial charge on any atom is 0.0320 e. The largest absolute Gasteiger partial charge is 0.412 e. The zero-order valence-corrected chi connectivity index (χ0v) is 11.1. The molecule has 0 aromatic heterocycles. The monoisotopic (exact) mass is 278 g/mol. The van der Waals surface area contributed by atoms with Gasteiger partial charge in [0.1, 0.15) is 0 Å². The van der Waals surface area contributed by atoms with Gasteiger partial charge in [0.25, 0.3) is 0 Å². The Hall–Kier alpha value is 0.668. The normalized spacial score (nSPS) is 7.08. The van der Waals surface area contributed by atoms with Crippen LogP contribution in [0, 0.1) is 6.92 Å². The fraction of sp³-hybridized carbons (Fsp3) is 0.125. The van der Waals surface area contributed by atoms with Crippen molar-refractivity contribution >= 4 is 5.69 Å². The minimum Gasteiger partial charge on any atom is -0.412 e. The minimum absolute atomic E-state index is 0. The fourth-order valence-corrected chi connectivity index (χ4v) is 0.762. The second-order valence-corrected chi connectivity index (χ2v) is 1.95. The number of rotatable bonds is 1. The van der Waals surface area contributed by atoms with Gasteiger partial charge < -0.3 is 18.1 Å². The van der Waals surface area contributed by atoms with Crippen LogP contribution in [0.2, 0.25) is 0 Å². The molecule has 4 N–H and O–H groups in total. The van der Waals surface area contributed by atoms with E-state index in [9.17, 15) is 0 Å². The van der Waals surface area contributed by atoms with Gasteiger partial charge in [0.15, 0.2) is 0 Å². The molecule has 1 aromatic rings.